The van der Waals surface area contributed by atoms with E-state index in [1.54, 1.807) is 41.3 Å². The van der Waals surface area contributed by atoms with Crippen LogP contribution in [0.15, 0.2) is 74.3 Å². The van der Waals surface area contributed by atoms with Crippen molar-refractivity contribution in [3.63, 3.8) is 0 Å². The molecular formula is C26H19BrClNO5. The van der Waals surface area contributed by atoms with E-state index in [0.29, 0.717) is 28.2 Å². The molecule has 1 aromatic heterocycles. The number of benzene rings is 3. The highest BCUT2D eigenvalue weighted by Gasteiger charge is 2.43. The Bertz CT molecular complexity index is 1500. The molecule has 0 radical (unpaired) electrons. The number of carbonyl (C=O) groups excluding carboxylic acids is 1. The Hall–Kier alpha value is -3.29. The number of ether oxygens (including phenoxy) is 1. The predicted octanol–water partition coefficient (Wildman–Crippen LogP) is 6.06. The molecule has 8 heteroatoms. The number of rotatable bonds is 5. The first-order chi connectivity index (χ1) is 16.4. The number of phenolic OH excluding ortho intramolecular Hbond substituents is 1. The number of carbonyl (C=O) groups is 1. The average molecular weight is 541 g/mol. The van der Waals surface area contributed by atoms with Crippen LogP contribution in [0, 0.1) is 0 Å². The van der Waals surface area contributed by atoms with E-state index in [4.69, 9.17) is 20.8 Å². The molecule has 2 heterocycles. The molecule has 0 saturated carbocycles. The summed E-state index contributed by atoms with van der Waals surface area (Å²) in [6.07, 6.45) is 0. The van der Waals surface area contributed by atoms with Gasteiger partial charge in [-0.25, -0.2) is 0 Å². The molecule has 4 aromatic rings. The van der Waals surface area contributed by atoms with Gasteiger partial charge in [0.15, 0.2) is 16.9 Å². The average Bonchev–Trinajstić information content (AvgIpc) is 3.09. The molecule has 0 spiro atoms. The molecule has 3 aromatic carbocycles. The third-order valence-electron chi connectivity index (χ3n) is 5.83. The minimum atomic E-state index is -0.752. The first-order valence-electron chi connectivity index (χ1n) is 10.7. The van der Waals surface area contributed by atoms with Gasteiger partial charge in [-0.15, -0.1) is 0 Å². The van der Waals surface area contributed by atoms with Crippen LogP contribution >= 0.6 is 27.5 Å². The summed E-state index contributed by atoms with van der Waals surface area (Å²) in [5, 5.41) is 11.1. The van der Waals surface area contributed by atoms with E-state index in [0.717, 1.165) is 10.0 Å². The van der Waals surface area contributed by atoms with Crippen LogP contribution in [0.1, 0.15) is 40.2 Å². The summed E-state index contributed by atoms with van der Waals surface area (Å²) in [6.45, 7) is 2.32. The van der Waals surface area contributed by atoms with Crippen molar-refractivity contribution in [1.29, 1.82) is 0 Å². The van der Waals surface area contributed by atoms with Crippen molar-refractivity contribution < 1.29 is 19.1 Å². The maximum atomic E-state index is 13.7. The normalized spacial score (nSPS) is 15.1. The number of halogens is 2. The number of nitrogens with zero attached hydrogens (tertiary/aromatic N) is 1. The highest BCUT2D eigenvalue weighted by Crippen LogP contribution is 2.42. The molecule has 34 heavy (non-hydrogen) atoms. The Morgan fingerprint density at radius 2 is 1.91 bits per heavy atom. The summed E-state index contributed by atoms with van der Waals surface area (Å²) in [7, 11) is 0. The highest BCUT2D eigenvalue weighted by atomic mass is 79.9. The van der Waals surface area contributed by atoms with Crippen LogP contribution in [0.2, 0.25) is 5.02 Å². The largest absolute Gasteiger partial charge is 0.504 e. The van der Waals surface area contributed by atoms with Gasteiger partial charge in [0.2, 0.25) is 5.76 Å². The molecular weight excluding hydrogens is 522 g/mol. The Morgan fingerprint density at radius 1 is 1.12 bits per heavy atom. The number of hydrogen-bond acceptors (Lipinski definition) is 5. The Morgan fingerprint density at radius 3 is 2.68 bits per heavy atom. The molecule has 1 amide bonds. The molecule has 0 aliphatic carbocycles. The monoisotopic (exact) mass is 539 g/mol. The summed E-state index contributed by atoms with van der Waals surface area (Å²) in [6, 6.07) is 16.4. The van der Waals surface area contributed by atoms with E-state index in [2.05, 4.69) is 15.9 Å². The highest BCUT2D eigenvalue weighted by molar-refractivity contribution is 9.10. The summed E-state index contributed by atoms with van der Waals surface area (Å²) in [5.74, 6) is -0.162. The second-order valence-electron chi connectivity index (χ2n) is 7.90. The molecule has 1 N–H and O–H groups in total. The van der Waals surface area contributed by atoms with E-state index in [1.807, 2.05) is 25.1 Å². The lowest BCUT2D eigenvalue weighted by Gasteiger charge is -2.26. The molecule has 172 valence electrons. The summed E-state index contributed by atoms with van der Waals surface area (Å²) >= 11 is 9.80. The van der Waals surface area contributed by atoms with Crippen molar-refractivity contribution in [1.82, 2.24) is 4.90 Å². The number of phenols is 1. The minimum absolute atomic E-state index is 0.00270. The van der Waals surface area contributed by atoms with Gasteiger partial charge in [-0.3, -0.25) is 9.59 Å². The van der Waals surface area contributed by atoms with E-state index in [1.165, 1.54) is 6.07 Å². The molecule has 1 aliphatic heterocycles. The fraction of sp³-hybridized carbons (Fsp3) is 0.154. The van der Waals surface area contributed by atoms with Gasteiger partial charge >= 0.3 is 0 Å². The summed E-state index contributed by atoms with van der Waals surface area (Å²) in [4.78, 5) is 28.8. The molecule has 6 nitrogen and oxygen atoms in total. The molecule has 0 fully saturated rings. The van der Waals surface area contributed by atoms with Gasteiger partial charge in [-0.2, -0.15) is 0 Å². The molecule has 0 bridgehead atoms. The van der Waals surface area contributed by atoms with E-state index in [9.17, 15) is 14.7 Å². The smallest absolute Gasteiger partial charge is 0.291 e. The van der Waals surface area contributed by atoms with Crippen molar-refractivity contribution in [3.8, 4) is 11.5 Å². The molecule has 0 saturated heterocycles. The Balaban J connectivity index is 1.74. The zero-order chi connectivity index (χ0) is 24.0. The maximum absolute atomic E-state index is 13.7. The van der Waals surface area contributed by atoms with Crippen molar-refractivity contribution in [2.75, 3.05) is 6.61 Å². The van der Waals surface area contributed by atoms with Crippen molar-refractivity contribution in [2.45, 2.75) is 19.5 Å². The lowest BCUT2D eigenvalue weighted by atomic mass is 9.97. The topological polar surface area (TPSA) is 80.0 Å². The fourth-order valence-electron chi connectivity index (χ4n) is 4.28. The van der Waals surface area contributed by atoms with Crippen molar-refractivity contribution in [2.24, 2.45) is 0 Å². The zero-order valence-corrected chi connectivity index (χ0v) is 20.4. The molecule has 1 atom stereocenters. The van der Waals surface area contributed by atoms with Crippen LogP contribution in [-0.2, 0) is 6.54 Å². The third kappa shape index (κ3) is 3.75. The van der Waals surface area contributed by atoms with Crippen LogP contribution in [0.3, 0.4) is 0 Å². The van der Waals surface area contributed by atoms with Gasteiger partial charge in [-0.1, -0.05) is 51.8 Å². The Labute approximate surface area is 208 Å². The summed E-state index contributed by atoms with van der Waals surface area (Å²) < 4.78 is 12.3. The van der Waals surface area contributed by atoms with Crippen molar-refractivity contribution >= 4 is 44.4 Å². The predicted molar refractivity (Wildman–Crippen MR) is 133 cm³/mol. The standard InChI is InChI=1S/C26H19BrClNO5/c1-2-33-21-11-14(7-9-19(21)30)23-22-24(31)17-12-16(27)8-10-20(17)34-25(22)26(32)29(23)13-15-5-3-4-6-18(15)28/h3-12,23,30H,2,13H2,1H3. The van der Waals surface area contributed by atoms with Crippen molar-refractivity contribution in [3.05, 3.63) is 103 Å². The molecule has 1 unspecified atom stereocenters. The van der Waals surface area contributed by atoms with Gasteiger partial charge in [0, 0.05) is 16.0 Å². The van der Waals surface area contributed by atoms with Crippen LogP contribution in [-0.4, -0.2) is 22.5 Å². The fourth-order valence-corrected chi connectivity index (χ4v) is 4.84. The van der Waals surface area contributed by atoms with Crippen LogP contribution in [0.5, 0.6) is 11.5 Å². The van der Waals surface area contributed by atoms with Gasteiger partial charge in [0.1, 0.15) is 5.58 Å². The lowest BCUT2D eigenvalue weighted by molar-refractivity contribution is 0.0714. The third-order valence-corrected chi connectivity index (χ3v) is 6.69. The van der Waals surface area contributed by atoms with E-state index < -0.39 is 11.9 Å². The summed E-state index contributed by atoms with van der Waals surface area (Å²) in [5.41, 5.74) is 1.64. The number of fused-ring (bicyclic) bond motifs is 2. The molecule has 5 rings (SSSR count). The Kier molecular flexibility index (Phi) is 5.83. The van der Waals surface area contributed by atoms with Gasteiger partial charge in [0.25, 0.3) is 5.91 Å². The second kappa shape index (κ2) is 8.81. The number of amides is 1. The van der Waals surface area contributed by atoms with Crippen LogP contribution in [0.25, 0.3) is 11.0 Å². The van der Waals surface area contributed by atoms with Gasteiger partial charge in [0.05, 0.1) is 23.6 Å². The quantitative estimate of drug-likeness (QED) is 0.333. The van der Waals surface area contributed by atoms with Gasteiger partial charge in [-0.05, 0) is 54.4 Å². The van der Waals surface area contributed by atoms with Crippen LogP contribution < -0.4 is 10.2 Å². The SMILES string of the molecule is CCOc1cc(C2c3c(oc4ccc(Br)cc4c3=O)C(=O)N2Cc2ccccc2Cl)ccc1O. The molecule has 1 aliphatic rings. The van der Waals surface area contributed by atoms with E-state index in [-0.39, 0.29) is 34.8 Å². The number of hydrogen-bond donors (Lipinski definition) is 1. The minimum Gasteiger partial charge on any atom is -0.504 e. The maximum Gasteiger partial charge on any atom is 0.291 e. The van der Waals surface area contributed by atoms with Gasteiger partial charge < -0.3 is 19.2 Å². The zero-order valence-electron chi connectivity index (χ0n) is 18.0. The second-order valence-corrected chi connectivity index (χ2v) is 9.22. The lowest BCUT2D eigenvalue weighted by Crippen LogP contribution is -2.29. The number of aromatic hydroxyl groups is 1. The first kappa shape index (κ1) is 22.5. The van der Waals surface area contributed by atoms with E-state index >= 15 is 0 Å². The van der Waals surface area contributed by atoms with Crippen LogP contribution in [0.4, 0.5) is 0 Å². The first-order valence-corrected chi connectivity index (χ1v) is 11.8.